The topological polar surface area (TPSA) is 132 Å². The molecule has 10 rings (SSSR count). The summed E-state index contributed by atoms with van der Waals surface area (Å²) < 4.78 is 39.2. The van der Waals surface area contributed by atoms with Gasteiger partial charge in [-0.15, -0.1) is 11.3 Å². The molecule has 7 aromatic rings. The van der Waals surface area contributed by atoms with Crippen molar-refractivity contribution < 1.29 is 33.2 Å². The number of carboxylic acids is 1. The van der Waals surface area contributed by atoms with Gasteiger partial charge in [0.15, 0.2) is 5.82 Å². The number of carboxylic acid groups (broad SMARTS) is 1. The second kappa shape index (κ2) is 18.8. The summed E-state index contributed by atoms with van der Waals surface area (Å²) in [4.78, 5) is 37.6. The first kappa shape index (κ1) is 42.3. The van der Waals surface area contributed by atoms with Crippen LogP contribution in [0.1, 0.15) is 27.9 Å². The highest BCUT2D eigenvalue weighted by Crippen LogP contribution is 2.49. The third kappa shape index (κ3) is 9.50. The highest BCUT2D eigenvalue weighted by molar-refractivity contribution is 7.22. The summed E-state index contributed by atoms with van der Waals surface area (Å²) >= 11 is 8.42. The van der Waals surface area contributed by atoms with E-state index in [2.05, 4.69) is 31.8 Å². The molecule has 4 aromatic carbocycles. The molecule has 1 N–H and O–H groups in total. The number of piperazine rings is 1. The Bertz CT molecular complexity index is 2780. The minimum Gasteiger partial charge on any atom is -0.492 e. The maximum atomic E-state index is 14.1. The van der Waals surface area contributed by atoms with Crippen LogP contribution in [0.4, 0.5) is 4.39 Å². The number of aliphatic carboxylic acids is 1. The Labute approximate surface area is 372 Å². The molecule has 0 spiro atoms. The van der Waals surface area contributed by atoms with Crippen molar-refractivity contribution in [1.82, 2.24) is 29.7 Å². The van der Waals surface area contributed by atoms with Crippen LogP contribution in [0.2, 0.25) is 5.02 Å². The van der Waals surface area contributed by atoms with Gasteiger partial charge in [-0.1, -0.05) is 54.1 Å². The number of thiophene rings is 1. The minimum atomic E-state index is -1.38. The van der Waals surface area contributed by atoms with Gasteiger partial charge in [0.1, 0.15) is 41.7 Å². The molecule has 15 heteroatoms. The summed E-state index contributed by atoms with van der Waals surface area (Å²) in [5.74, 6) is 0.265. The molecule has 0 saturated carbocycles. The maximum absolute atomic E-state index is 14.1. The lowest BCUT2D eigenvalue weighted by Crippen LogP contribution is -2.45. The summed E-state index contributed by atoms with van der Waals surface area (Å²) in [6.45, 7) is 8.10. The van der Waals surface area contributed by atoms with Crippen LogP contribution in [0.3, 0.4) is 0 Å². The highest BCUT2D eigenvalue weighted by Gasteiger charge is 2.29. The Balaban J connectivity index is 0.997. The van der Waals surface area contributed by atoms with Crippen LogP contribution in [0.25, 0.3) is 43.2 Å². The average molecular weight is 887 g/mol. The summed E-state index contributed by atoms with van der Waals surface area (Å²) in [5.41, 5.74) is 6.65. The van der Waals surface area contributed by atoms with Crippen molar-refractivity contribution in [2.45, 2.75) is 39.3 Å². The molecule has 6 heterocycles. The van der Waals surface area contributed by atoms with Crippen molar-refractivity contribution in [2.24, 2.45) is 0 Å². The summed E-state index contributed by atoms with van der Waals surface area (Å²) in [6, 6.07) is 25.2. The van der Waals surface area contributed by atoms with E-state index in [0.29, 0.717) is 50.2 Å². The molecule has 1 saturated heterocycles. The van der Waals surface area contributed by atoms with Crippen molar-refractivity contribution in [3.63, 3.8) is 0 Å². The van der Waals surface area contributed by atoms with Crippen molar-refractivity contribution in [3.05, 3.63) is 136 Å². The van der Waals surface area contributed by atoms with Crippen LogP contribution in [0.15, 0.2) is 97.5 Å². The number of hydrogen-bond donors (Lipinski definition) is 1. The molecular weight excluding hydrogens is 843 g/mol. The van der Waals surface area contributed by atoms with E-state index in [0.717, 1.165) is 76.7 Å². The van der Waals surface area contributed by atoms with Gasteiger partial charge < -0.3 is 29.0 Å². The maximum Gasteiger partial charge on any atom is 0.345 e. The SMILES string of the molecule is Cc1c2ccc(c1Cl)COCc1ccc(OCc3ccnc(-c4cccc(OCCN5CCN(C)CC5)c4)n3)c(c1)C[C@H](C(=O)O)Oc1ncnc3sc(-c4ccc(F)cc4)c-2c13. The van der Waals surface area contributed by atoms with Gasteiger partial charge in [0.2, 0.25) is 12.0 Å². The number of rotatable bonds is 10. The van der Waals surface area contributed by atoms with Crippen molar-refractivity contribution in [2.75, 3.05) is 46.4 Å². The first-order valence-electron chi connectivity index (χ1n) is 20.7. The van der Waals surface area contributed by atoms with E-state index in [1.807, 2.05) is 61.5 Å². The van der Waals surface area contributed by atoms with Gasteiger partial charge in [0.05, 0.1) is 24.3 Å². The van der Waals surface area contributed by atoms with E-state index in [-0.39, 0.29) is 37.9 Å². The third-order valence-corrected chi connectivity index (χ3v) is 13.0. The van der Waals surface area contributed by atoms with E-state index in [4.69, 9.17) is 35.5 Å². The van der Waals surface area contributed by atoms with Crippen molar-refractivity contribution in [1.29, 1.82) is 0 Å². The first-order chi connectivity index (χ1) is 30.7. The van der Waals surface area contributed by atoms with Gasteiger partial charge in [-0.3, -0.25) is 4.90 Å². The molecule has 0 amide bonds. The van der Waals surface area contributed by atoms with E-state index < -0.39 is 12.1 Å². The molecule has 3 aromatic heterocycles. The average Bonchev–Trinajstić information content (AvgIpc) is 3.68. The van der Waals surface area contributed by atoms with E-state index in [9.17, 15) is 14.3 Å². The van der Waals surface area contributed by atoms with Crippen LogP contribution >= 0.6 is 22.9 Å². The molecule has 4 bridgehead atoms. The summed E-state index contributed by atoms with van der Waals surface area (Å²) in [5, 5.41) is 11.7. The summed E-state index contributed by atoms with van der Waals surface area (Å²) in [7, 11) is 2.15. The Morgan fingerprint density at radius 2 is 1.78 bits per heavy atom. The number of hydrogen-bond acceptors (Lipinski definition) is 12. The normalized spacial score (nSPS) is 15.9. The lowest BCUT2D eigenvalue weighted by Gasteiger charge is -2.32. The zero-order valence-electron chi connectivity index (χ0n) is 34.7. The number of fused-ring (bicyclic) bond motifs is 6. The zero-order valence-corrected chi connectivity index (χ0v) is 36.3. The largest absolute Gasteiger partial charge is 0.492 e. The smallest absolute Gasteiger partial charge is 0.345 e. The molecule has 1 atom stereocenters. The van der Waals surface area contributed by atoms with Gasteiger partial charge in [0.25, 0.3) is 0 Å². The van der Waals surface area contributed by atoms with Gasteiger partial charge in [0, 0.05) is 66.4 Å². The number of benzene rings is 4. The van der Waals surface area contributed by atoms with E-state index >= 15 is 0 Å². The van der Waals surface area contributed by atoms with Crippen LogP contribution in [-0.2, 0) is 35.8 Å². The van der Waals surface area contributed by atoms with E-state index in [1.165, 1.54) is 29.8 Å². The lowest BCUT2D eigenvalue weighted by molar-refractivity contribution is -0.145. The van der Waals surface area contributed by atoms with Gasteiger partial charge in [-0.2, -0.15) is 0 Å². The van der Waals surface area contributed by atoms with Crippen LogP contribution in [0.5, 0.6) is 17.4 Å². The number of ether oxygens (including phenoxy) is 4. The van der Waals surface area contributed by atoms with Crippen LogP contribution < -0.4 is 14.2 Å². The molecule has 3 aliphatic heterocycles. The number of carbonyl (C=O) groups is 1. The predicted molar refractivity (Wildman–Crippen MR) is 240 cm³/mol. The fraction of sp³-hybridized carbons (Fsp3) is 0.271. The monoisotopic (exact) mass is 886 g/mol. The first-order valence-corrected chi connectivity index (χ1v) is 21.9. The van der Waals surface area contributed by atoms with Gasteiger partial charge in [-0.05, 0) is 89.8 Å². The molecule has 12 nitrogen and oxygen atoms in total. The highest BCUT2D eigenvalue weighted by atomic mass is 35.5. The molecular formula is C48H44ClFN6O6S. The molecule has 0 aliphatic carbocycles. The number of aromatic nitrogens is 4. The van der Waals surface area contributed by atoms with Crippen molar-refractivity contribution >= 4 is 39.1 Å². The molecule has 0 unspecified atom stereocenters. The second-order valence-corrected chi connectivity index (χ2v) is 17.0. The van der Waals surface area contributed by atoms with Crippen LogP contribution in [0, 0.1) is 12.7 Å². The Morgan fingerprint density at radius 1 is 0.937 bits per heavy atom. The number of halogens is 2. The standard InChI is InChI=1S/C48H44ClFN6O6S/c1-29-38-12-9-33(43(29)49)26-59-25-30-6-13-39(61-27-36-14-15-51-45(54-36)32-4-3-5-37(23-32)60-21-20-56-18-16-55(2)17-19-56)34(22-30)24-40(48(57)58)62-46-42-41(38)44(63-47(42)53-28-52-46)31-7-10-35(50)11-8-31/h3-15,22-23,28,40H,16-21,24-27H2,1-2H3,(H,57,58)/t40-/m1/s1. The van der Waals surface area contributed by atoms with Crippen molar-refractivity contribution in [3.8, 4) is 50.3 Å². The number of likely N-dealkylation sites (N-methyl/N-ethyl adjacent to an activating group) is 1. The fourth-order valence-electron chi connectivity index (χ4n) is 7.85. The Morgan fingerprint density at radius 3 is 2.60 bits per heavy atom. The lowest BCUT2D eigenvalue weighted by atomic mass is 9.94. The summed E-state index contributed by atoms with van der Waals surface area (Å²) in [6.07, 6.45) is 1.60. The molecule has 0 radical (unpaired) electrons. The van der Waals surface area contributed by atoms with Gasteiger partial charge >= 0.3 is 5.97 Å². The van der Waals surface area contributed by atoms with E-state index in [1.54, 1.807) is 24.4 Å². The quantitative estimate of drug-likeness (QED) is 0.141. The molecule has 322 valence electrons. The second-order valence-electron chi connectivity index (χ2n) is 15.6. The predicted octanol–water partition coefficient (Wildman–Crippen LogP) is 8.89. The third-order valence-electron chi connectivity index (χ3n) is 11.3. The molecule has 63 heavy (non-hydrogen) atoms. The number of nitrogens with zero attached hydrogens (tertiary/aromatic N) is 6. The fourth-order valence-corrected chi connectivity index (χ4v) is 9.23. The zero-order chi connectivity index (χ0) is 43.5. The minimum absolute atomic E-state index is 0.0659. The van der Waals surface area contributed by atoms with Gasteiger partial charge in [-0.25, -0.2) is 29.1 Å². The molecule has 3 aliphatic rings. The van der Waals surface area contributed by atoms with Crippen LogP contribution in [-0.4, -0.2) is 93.3 Å². The Kier molecular flexibility index (Phi) is 12.6. The molecule has 1 fully saturated rings. The Hall–Kier alpha value is -6.03.